The molecule has 2 atom stereocenters. The van der Waals surface area contributed by atoms with Gasteiger partial charge in [0, 0.05) is 17.0 Å². The Hall–Kier alpha value is -4.31. The summed E-state index contributed by atoms with van der Waals surface area (Å²) in [5.41, 5.74) is 7.70. The van der Waals surface area contributed by atoms with Crippen LogP contribution in [0.1, 0.15) is 99.9 Å². The number of phenolic OH excluding ortho intramolecular Hbond substituents is 2. The molecular formula is C47H54F9MoNO2. The van der Waals surface area contributed by atoms with E-state index in [2.05, 4.69) is 3.50 Å². The van der Waals surface area contributed by atoms with Gasteiger partial charge in [0.1, 0.15) is 12.0 Å². The van der Waals surface area contributed by atoms with Gasteiger partial charge in [0.25, 0.3) is 0 Å². The number of phenols is 2. The van der Waals surface area contributed by atoms with Gasteiger partial charge in [0.15, 0.2) is 23.1 Å². The molecule has 3 nitrogen and oxygen atoms in total. The Labute approximate surface area is 356 Å². The summed E-state index contributed by atoms with van der Waals surface area (Å²) in [5, 5.41) is 20.2. The number of allylic oxidation sites excluding steroid dienone is 4. The maximum atomic E-state index is 14.1. The van der Waals surface area contributed by atoms with Gasteiger partial charge in [-0.05, 0) is 148 Å². The molecule has 0 radical (unpaired) electrons. The molecule has 4 aromatic rings. The van der Waals surface area contributed by atoms with E-state index in [1.807, 2.05) is 69.2 Å². The number of halogens is 9. The van der Waals surface area contributed by atoms with Crippen LogP contribution < -0.4 is 0 Å². The van der Waals surface area contributed by atoms with Crippen molar-refractivity contribution < 1.29 is 67.6 Å². The first-order chi connectivity index (χ1) is 27.7. The van der Waals surface area contributed by atoms with Crippen molar-refractivity contribution in [1.82, 2.24) is 0 Å². The number of benzene rings is 4. The molecule has 2 N–H and O–H groups in total. The van der Waals surface area contributed by atoms with Gasteiger partial charge in [-0.2, -0.15) is 0 Å². The van der Waals surface area contributed by atoms with Crippen LogP contribution in [-0.2, 0) is 17.9 Å². The summed E-state index contributed by atoms with van der Waals surface area (Å²) in [6.07, 6.45) is 0.471. The third kappa shape index (κ3) is 11.3. The second kappa shape index (κ2) is 21.0. The number of nitrogens with zero attached hydrogens (tertiary/aromatic N) is 1. The van der Waals surface area contributed by atoms with Gasteiger partial charge < -0.3 is 10.2 Å². The number of alkyl halides is 1. The summed E-state index contributed by atoms with van der Waals surface area (Å²) in [7, 11) is 0. The summed E-state index contributed by atoms with van der Waals surface area (Å²) in [6.45, 7) is 27.6. The van der Waals surface area contributed by atoms with Crippen molar-refractivity contribution >= 4 is 15.7 Å². The fourth-order valence-electron chi connectivity index (χ4n) is 6.28. The van der Waals surface area contributed by atoms with E-state index in [0.717, 1.165) is 44.5 Å². The van der Waals surface area contributed by atoms with E-state index >= 15 is 0 Å². The topological polar surface area (TPSA) is 52.8 Å². The molecule has 0 saturated heterocycles. The van der Waals surface area contributed by atoms with E-state index in [-0.39, 0.29) is 17.0 Å². The average molecular weight is 932 g/mol. The smallest absolute Gasteiger partial charge is 0.165 e. The molecule has 13 heteroatoms. The van der Waals surface area contributed by atoms with E-state index in [0.29, 0.717) is 27.8 Å². The van der Waals surface area contributed by atoms with Crippen molar-refractivity contribution in [3.63, 3.8) is 0 Å². The monoisotopic (exact) mass is 933 g/mol. The maximum Gasteiger partial charge on any atom is 0.165 e. The van der Waals surface area contributed by atoms with Gasteiger partial charge in [-0.1, -0.05) is 20.8 Å². The van der Waals surface area contributed by atoms with Gasteiger partial charge in [0.2, 0.25) is 0 Å². The Morgan fingerprint density at radius 1 is 0.583 bits per heavy atom. The third-order valence-corrected chi connectivity index (χ3v) is 12.9. The normalized spacial score (nSPS) is 14.8. The molecule has 4 aromatic carbocycles. The zero-order valence-corrected chi connectivity index (χ0v) is 38.7. The minimum atomic E-state index is -2.16. The standard InChI is InChI=1S/C17H20F2O.C17H18F2O.C6F5N.C5H10.C2H6.Mo/c2*1-8-6-13(18)12(5)15(10(8)3)16-11(4)9(2)7-14(19)17(16)20;7-1-2(8)4(10)6(12)5(11)3(1)9;1-5(2,3)4;1-2;/h6-7,12-13,20H,1-5H3;6-7,20H,1-5H3;;1H,2-4H3;1-2H3;/t12-,13-;;;;;/m0...../s1. The van der Waals surface area contributed by atoms with E-state index in [1.54, 1.807) is 45.1 Å². The van der Waals surface area contributed by atoms with Crippen LogP contribution in [0.15, 0.2) is 38.9 Å². The SMILES string of the molecule is CC.CC(C)(C)[CH]=[Mo]=[N]c1c(F)c(F)c(F)c(F)c1F.CC1=C[C@H](F)[C@H](C)C(c2c(C)c(C)cc(F)c2O)=C1C.Cc1cc(F)c(C)c(-c2c(C)c(C)cc(F)c2O)c1C. The zero-order chi connectivity index (χ0) is 46.5. The Balaban J connectivity index is 0.000000304. The molecule has 0 spiro atoms. The van der Waals surface area contributed by atoms with Crippen molar-refractivity contribution in [3.05, 3.63) is 126 Å². The molecule has 0 amide bonds. The first kappa shape index (κ1) is 51.8. The fourth-order valence-corrected chi connectivity index (χ4v) is 7.84. The number of rotatable bonds is 3. The second-order valence-electron chi connectivity index (χ2n) is 15.6. The first-order valence-electron chi connectivity index (χ1n) is 19.2. The molecule has 5 rings (SSSR count). The van der Waals surface area contributed by atoms with Crippen LogP contribution in [-0.4, -0.2) is 20.8 Å². The van der Waals surface area contributed by atoms with E-state index in [1.165, 1.54) is 18.2 Å². The fraction of sp³-hybridized carbons (Fsp3) is 0.383. The third-order valence-electron chi connectivity index (χ3n) is 10.2. The predicted octanol–water partition coefficient (Wildman–Crippen LogP) is 14.9. The van der Waals surface area contributed by atoms with Gasteiger partial charge >= 0.3 is 109 Å². The molecule has 0 bridgehead atoms. The summed E-state index contributed by atoms with van der Waals surface area (Å²) in [4.78, 5) is 0. The van der Waals surface area contributed by atoms with Gasteiger partial charge in [0.05, 0.1) is 0 Å². The number of hydrogen-bond donors (Lipinski definition) is 2. The molecule has 60 heavy (non-hydrogen) atoms. The van der Waals surface area contributed by atoms with Gasteiger partial charge in [-0.3, -0.25) is 0 Å². The van der Waals surface area contributed by atoms with Crippen molar-refractivity contribution in [2.45, 2.75) is 110 Å². The van der Waals surface area contributed by atoms with Crippen LogP contribution in [0.2, 0.25) is 0 Å². The van der Waals surface area contributed by atoms with Crippen LogP contribution in [0, 0.1) is 106 Å². The van der Waals surface area contributed by atoms with Crippen molar-refractivity contribution in [1.29, 1.82) is 0 Å². The molecule has 0 unspecified atom stereocenters. The van der Waals surface area contributed by atoms with Gasteiger partial charge in [-0.25, -0.2) is 17.6 Å². The Morgan fingerprint density at radius 2 is 0.967 bits per heavy atom. The Kier molecular flexibility index (Phi) is 18.1. The molecule has 0 aromatic heterocycles. The summed E-state index contributed by atoms with van der Waals surface area (Å²) < 4.78 is 126. The summed E-state index contributed by atoms with van der Waals surface area (Å²) >= 11 is -1.33. The van der Waals surface area contributed by atoms with Crippen molar-refractivity contribution in [2.24, 2.45) is 14.8 Å². The van der Waals surface area contributed by atoms with E-state index < -0.39 is 82.2 Å². The minimum absolute atomic E-state index is 0.212. The van der Waals surface area contributed by atoms with Gasteiger partial charge in [-0.15, -0.1) is 0 Å². The quantitative estimate of drug-likeness (QED) is 0.0931. The molecule has 0 heterocycles. The van der Waals surface area contributed by atoms with E-state index in [4.69, 9.17) is 0 Å². The Bertz CT molecular complexity index is 2240. The number of aromatic hydroxyl groups is 2. The molecule has 1 aliphatic carbocycles. The number of aryl methyl sites for hydroxylation is 3. The number of hydrogen-bond acceptors (Lipinski definition) is 3. The zero-order valence-electron chi connectivity index (χ0n) is 36.7. The van der Waals surface area contributed by atoms with E-state index in [9.17, 15) is 49.7 Å². The molecule has 328 valence electrons. The largest absolute Gasteiger partial charge is 0.504 e. The van der Waals surface area contributed by atoms with Crippen molar-refractivity contribution in [2.75, 3.05) is 0 Å². The Morgan fingerprint density at radius 3 is 1.42 bits per heavy atom. The van der Waals surface area contributed by atoms with Crippen LogP contribution in [0.3, 0.4) is 0 Å². The average Bonchev–Trinajstić information content (AvgIpc) is 3.18. The van der Waals surface area contributed by atoms with Crippen LogP contribution in [0.5, 0.6) is 11.5 Å². The predicted molar refractivity (Wildman–Crippen MR) is 220 cm³/mol. The van der Waals surface area contributed by atoms with Crippen molar-refractivity contribution in [3.8, 4) is 22.6 Å². The molecule has 0 saturated carbocycles. The van der Waals surface area contributed by atoms with Crippen LogP contribution in [0.25, 0.3) is 16.7 Å². The maximum absolute atomic E-state index is 14.1. The second-order valence-corrected chi connectivity index (χ2v) is 17.1. The summed E-state index contributed by atoms with van der Waals surface area (Å²) in [5.74, 6) is -12.7. The molecule has 1 aliphatic rings. The van der Waals surface area contributed by atoms with Crippen LogP contribution in [0.4, 0.5) is 45.2 Å². The summed E-state index contributed by atoms with van der Waals surface area (Å²) in [6, 6.07) is 4.07. The molecular weight excluding hydrogens is 877 g/mol. The minimum Gasteiger partial charge on any atom is -0.504 e. The molecule has 0 aliphatic heterocycles. The first-order valence-corrected chi connectivity index (χ1v) is 21.2. The molecule has 0 fully saturated rings. The van der Waals surface area contributed by atoms with Crippen LogP contribution >= 0.6 is 0 Å².